The van der Waals surface area contributed by atoms with Crippen molar-refractivity contribution in [3.8, 4) is 17.2 Å². The fourth-order valence-electron chi connectivity index (χ4n) is 4.98. The standard InChI is InChI=1S/C27H31N7O4.ClH.4H3N.4H2/c35-21-15-18(7-9-20(21)24(36)28-19-8-10-22-23(16-19)38-17-37-22)29-25-30-26(33-11-3-1-4-12-33)32-27(31-25)34-13-5-2-6-14-34;;;;;;;;;/h7-10,15-16,35H,1-6,11-14,17H2,(H,28,36)(H,29,30,31,32);1H;4*1H3;4*1H. The number of rotatable bonds is 6. The van der Waals surface area contributed by atoms with E-state index in [0.717, 1.165) is 51.9 Å². The number of anilines is 5. The van der Waals surface area contributed by atoms with Gasteiger partial charge >= 0.3 is 0 Å². The van der Waals surface area contributed by atoms with Crippen LogP contribution in [-0.4, -0.2) is 58.9 Å². The Morgan fingerprint density at radius 2 is 1.30 bits per heavy atom. The maximum absolute atomic E-state index is 12.8. The van der Waals surface area contributed by atoms with Crippen LogP contribution in [0.25, 0.3) is 0 Å². The molecule has 0 spiro atoms. The van der Waals surface area contributed by atoms with Gasteiger partial charge in [-0.1, -0.05) is 0 Å². The number of phenolic OH excluding ortho intramolecular Hbond substituents is 1. The van der Waals surface area contributed by atoms with Crippen molar-refractivity contribution in [2.75, 3.05) is 53.4 Å². The van der Waals surface area contributed by atoms with Crippen molar-refractivity contribution < 1.29 is 25.1 Å². The van der Waals surface area contributed by atoms with Crippen LogP contribution in [0.1, 0.15) is 54.6 Å². The molecule has 1 amide bonds. The Morgan fingerprint density at radius 1 is 0.744 bits per heavy atom. The number of benzene rings is 2. The predicted molar refractivity (Wildman–Crippen MR) is 180 cm³/mol. The average Bonchev–Trinajstić information content (AvgIpc) is 3.42. The van der Waals surface area contributed by atoms with Gasteiger partial charge in [0.05, 0.1) is 5.56 Å². The molecule has 3 aliphatic rings. The molecule has 16 heteroatoms. The number of hydrogen-bond acceptors (Lipinski definition) is 14. The number of aromatic nitrogens is 3. The van der Waals surface area contributed by atoms with Gasteiger partial charge in [0, 0.05) is 55.4 Å². The molecule has 0 radical (unpaired) electrons. The molecule has 3 aliphatic heterocycles. The highest BCUT2D eigenvalue weighted by atomic mass is 35.5. The highest BCUT2D eigenvalue weighted by Gasteiger charge is 2.21. The number of ether oxygens (including phenoxy) is 2. The lowest BCUT2D eigenvalue weighted by atomic mass is 10.1. The molecule has 0 unspecified atom stereocenters. The maximum Gasteiger partial charge on any atom is 0.259 e. The predicted octanol–water partition coefficient (Wildman–Crippen LogP) is 6.34. The number of aromatic hydroxyl groups is 1. The first kappa shape index (κ1) is 36.9. The van der Waals surface area contributed by atoms with Crippen LogP contribution in [0, 0.1) is 0 Å². The highest BCUT2D eigenvalue weighted by Crippen LogP contribution is 2.35. The molecule has 6 rings (SSSR count). The summed E-state index contributed by atoms with van der Waals surface area (Å²) in [5.41, 5.74) is 1.26. The molecular formula is C27H52ClN11O4. The van der Waals surface area contributed by atoms with Crippen molar-refractivity contribution in [2.24, 2.45) is 0 Å². The molecule has 2 fully saturated rings. The van der Waals surface area contributed by atoms with Crippen LogP contribution in [0.4, 0.5) is 29.2 Å². The summed E-state index contributed by atoms with van der Waals surface area (Å²) in [4.78, 5) is 31.5. The van der Waals surface area contributed by atoms with Crippen LogP contribution in [0.5, 0.6) is 17.2 Å². The molecule has 0 aliphatic carbocycles. The second-order valence-electron chi connectivity index (χ2n) is 9.73. The molecule has 0 bridgehead atoms. The first-order chi connectivity index (χ1) is 18.6. The van der Waals surface area contributed by atoms with E-state index in [4.69, 9.17) is 24.4 Å². The van der Waals surface area contributed by atoms with Gasteiger partial charge in [-0.2, -0.15) is 15.0 Å². The van der Waals surface area contributed by atoms with Gasteiger partial charge in [-0.25, -0.2) is 0 Å². The molecule has 0 saturated carbocycles. The van der Waals surface area contributed by atoms with Gasteiger partial charge in [0.2, 0.25) is 24.6 Å². The largest absolute Gasteiger partial charge is 0.507 e. The number of nitrogens with one attached hydrogen (secondary N) is 2. The van der Waals surface area contributed by atoms with Crippen LogP contribution < -0.4 is 54.5 Å². The zero-order chi connectivity index (χ0) is 25.9. The summed E-state index contributed by atoms with van der Waals surface area (Å²) in [5, 5.41) is 16.7. The van der Waals surface area contributed by atoms with E-state index in [0.29, 0.717) is 40.7 Å². The number of halogens is 1. The summed E-state index contributed by atoms with van der Waals surface area (Å²) < 4.78 is 10.7. The van der Waals surface area contributed by atoms with Crippen LogP contribution in [0.2, 0.25) is 0 Å². The molecule has 2 saturated heterocycles. The van der Waals surface area contributed by atoms with Crippen molar-refractivity contribution in [3.63, 3.8) is 0 Å². The summed E-state index contributed by atoms with van der Waals surface area (Å²) >= 11 is 0. The Kier molecular flexibility index (Phi) is 14.1. The van der Waals surface area contributed by atoms with E-state index < -0.39 is 5.91 Å². The summed E-state index contributed by atoms with van der Waals surface area (Å²) in [6.07, 6.45) is 6.93. The van der Waals surface area contributed by atoms with Gasteiger partial charge in [-0.3, -0.25) is 4.79 Å². The Hall–Kier alpha value is -4.15. The third-order valence-corrected chi connectivity index (χ3v) is 7.02. The minimum absolute atomic E-state index is 0. The number of nitrogens with zero attached hydrogens (tertiary/aromatic N) is 5. The minimum atomic E-state index is -0.437. The fraction of sp³-hybridized carbons (Fsp3) is 0.407. The summed E-state index contributed by atoms with van der Waals surface area (Å²) in [5.74, 6) is 2.36. The van der Waals surface area contributed by atoms with Crippen LogP contribution >= 0.6 is 12.4 Å². The molecule has 43 heavy (non-hydrogen) atoms. The summed E-state index contributed by atoms with van der Waals surface area (Å²) in [6.45, 7) is 3.86. The van der Waals surface area contributed by atoms with Crippen molar-refractivity contribution in [1.82, 2.24) is 39.6 Å². The van der Waals surface area contributed by atoms with E-state index in [-0.39, 0.29) is 60.8 Å². The lowest BCUT2D eigenvalue weighted by Gasteiger charge is -2.30. The Morgan fingerprint density at radius 3 is 1.88 bits per heavy atom. The zero-order valence-electron chi connectivity index (χ0n) is 24.4. The van der Waals surface area contributed by atoms with E-state index in [1.807, 2.05) is 0 Å². The van der Waals surface area contributed by atoms with E-state index in [1.165, 1.54) is 18.9 Å². The van der Waals surface area contributed by atoms with Gasteiger partial charge in [-0.05, 0) is 62.8 Å². The number of hydrogen-bond donors (Lipinski definition) is 7. The summed E-state index contributed by atoms with van der Waals surface area (Å²) in [6, 6.07) is 9.93. The molecule has 2 aromatic carbocycles. The number of phenols is 1. The van der Waals surface area contributed by atoms with Gasteiger partial charge in [-0.15, -0.1) is 12.4 Å². The van der Waals surface area contributed by atoms with Gasteiger partial charge in [0.15, 0.2) is 11.5 Å². The molecule has 1 aromatic heterocycles. The van der Waals surface area contributed by atoms with E-state index in [9.17, 15) is 9.90 Å². The van der Waals surface area contributed by atoms with Crippen molar-refractivity contribution in [1.29, 1.82) is 0 Å². The van der Waals surface area contributed by atoms with E-state index >= 15 is 0 Å². The number of fused-ring (bicyclic) bond motifs is 1. The topological polar surface area (TPSA) is 265 Å². The fourth-order valence-corrected chi connectivity index (χ4v) is 4.98. The monoisotopic (exact) mass is 629 g/mol. The van der Waals surface area contributed by atoms with E-state index in [1.54, 1.807) is 30.3 Å². The van der Waals surface area contributed by atoms with Crippen molar-refractivity contribution in [3.05, 3.63) is 42.0 Å². The second kappa shape index (κ2) is 16.5. The highest BCUT2D eigenvalue weighted by molar-refractivity contribution is 6.06. The van der Waals surface area contributed by atoms with Crippen LogP contribution in [-0.2, 0) is 0 Å². The number of carbonyl (C=O) groups is 1. The van der Waals surface area contributed by atoms with Crippen molar-refractivity contribution in [2.45, 2.75) is 38.5 Å². The third-order valence-electron chi connectivity index (χ3n) is 7.02. The Balaban J connectivity index is -0.00000103. The Bertz CT molecular complexity index is 1320. The lowest BCUT2D eigenvalue weighted by Crippen LogP contribution is -2.34. The van der Waals surface area contributed by atoms with Gasteiger partial charge in [0.1, 0.15) is 5.75 Å². The van der Waals surface area contributed by atoms with E-state index in [2.05, 4.69) is 20.4 Å². The average molecular weight is 630 g/mol. The number of carbonyl (C=O) groups excluding carboxylic acids is 1. The van der Waals surface area contributed by atoms with Gasteiger partial charge in [0.25, 0.3) is 5.91 Å². The number of amides is 1. The molecule has 15 nitrogen and oxygen atoms in total. The first-order valence-corrected chi connectivity index (χ1v) is 13.2. The number of piperidine rings is 2. The molecular weight excluding hydrogens is 578 g/mol. The summed E-state index contributed by atoms with van der Waals surface area (Å²) in [7, 11) is 0. The Labute approximate surface area is 263 Å². The van der Waals surface area contributed by atoms with Crippen molar-refractivity contribution >= 4 is 47.5 Å². The second-order valence-corrected chi connectivity index (χ2v) is 9.73. The normalized spacial score (nSPS) is 14.9. The minimum Gasteiger partial charge on any atom is -0.507 e. The lowest BCUT2D eigenvalue weighted by molar-refractivity contribution is 0.102. The third kappa shape index (κ3) is 8.46. The molecule has 0 atom stereocenters. The molecule has 4 heterocycles. The first-order valence-electron chi connectivity index (χ1n) is 13.2. The van der Waals surface area contributed by atoms with Gasteiger partial charge < -0.3 is 59.6 Å². The van der Waals surface area contributed by atoms with Crippen LogP contribution in [0.15, 0.2) is 36.4 Å². The molecule has 3 aromatic rings. The smallest absolute Gasteiger partial charge is 0.259 e. The molecule has 246 valence electrons. The zero-order valence-corrected chi connectivity index (χ0v) is 25.2. The quantitative estimate of drug-likeness (QED) is 0.157. The molecule has 15 N–H and O–H groups in total. The van der Waals surface area contributed by atoms with Crippen LogP contribution in [0.3, 0.4) is 0 Å². The maximum atomic E-state index is 12.8. The SMILES string of the molecule is Cl.N.N.N.N.O=C(Nc1ccc2c(c1)OCO2)c1ccc(Nc2nc(N3CCCCC3)nc(N3CCCCC3)n2)cc1O.[HH].[HH].[HH].[HH].